The first-order valence-corrected chi connectivity index (χ1v) is 11.6. The van der Waals surface area contributed by atoms with E-state index in [2.05, 4.69) is 10.3 Å². The zero-order valence-corrected chi connectivity index (χ0v) is 18.4. The van der Waals surface area contributed by atoms with Gasteiger partial charge in [-0.15, -0.1) is 0 Å². The van der Waals surface area contributed by atoms with Gasteiger partial charge in [0.1, 0.15) is 29.7 Å². The van der Waals surface area contributed by atoms with E-state index >= 15 is 0 Å². The van der Waals surface area contributed by atoms with Crippen molar-refractivity contribution in [2.24, 2.45) is 0 Å². The number of hydrogen-bond donors (Lipinski definition) is 1. The third-order valence-corrected chi connectivity index (χ3v) is 7.05. The Bertz CT molecular complexity index is 1460. The lowest BCUT2D eigenvalue weighted by Crippen LogP contribution is -2.15. The van der Waals surface area contributed by atoms with Crippen LogP contribution in [0, 0.1) is 5.82 Å². The van der Waals surface area contributed by atoms with Crippen LogP contribution < -0.4 is 19.5 Å². The maximum Gasteiger partial charge on any atom is 0.210 e. The molecule has 9 heteroatoms. The van der Waals surface area contributed by atoms with Crippen molar-refractivity contribution < 1.29 is 27.0 Å². The number of anilines is 2. The quantitative estimate of drug-likeness (QED) is 0.455. The number of fused-ring (bicyclic) bond motifs is 2. The fourth-order valence-electron chi connectivity index (χ4n) is 3.63. The molecule has 1 aromatic heterocycles. The van der Waals surface area contributed by atoms with E-state index in [1.54, 1.807) is 30.3 Å². The number of sulfone groups is 1. The Labute approximate surface area is 189 Å². The van der Waals surface area contributed by atoms with Gasteiger partial charge in [-0.1, -0.05) is 0 Å². The molecular weight excluding hydrogens is 447 g/mol. The van der Waals surface area contributed by atoms with Crippen LogP contribution in [0.4, 0.5) is 15.8 Å². The lowest BCUT2D eigenvalue weighted by molar-refractivity contribution is 0.171. The lowest BCUT2D eigenvalue weighted by atomic mass is 10.1. The fraction of sp³-hybridized carbons (Fsp3) is 0.125. The van der Waals surface area contributed by atoms with E-state index in [4.69, 9.17) is 14.2 Å². The van der Waals surface area contributed by atoms with E-state index in [1.807, 2.05) is 0 Å². The molecule has 0 spiro atoms. The highest BCUT2D eigenvalue weighted by Crippen LogP contribution is 2.38. The summed E-state index contributed by atoms with van der Waals surface area (Å²) in [7, 11) is -2.49. The van der Waals surface area contributed by atoms with Crippen LogP contribution in [0.15, 0.2) is 76.7 Å². The van der Waals surface area contributed by atoms with Crippen molar-refractivity contribution in [3.63, 3.8) is 0 Å². The smallest absolute Gasteiger partial charge is 0.210 e. The minimum absolute atomic E-state index is 0.0612. The van der Waals surface area contributed by atoms with Crippen LogP contribution in [0.1, 0.15) is 0 Å². The van der Waals surface area contributed by atoms with Crippen molar-refractivity contribution in [3.05, 3.63) is 72.7 Å². The number of nitrogens with zero attached hydrogens (tertiary/aromatic N) is 1. The van der Waals surface area contributed by atoms with Crippen molar-refractivity contribution in [2.75, 3.05) is 25.6 Å². The topological polar surface area (TPSA) is 86.8 Å². The third-order valence-electron chi connectivity index (χ3n) is 5.27. The van der Waals surface area contributed by atoms with Crippen LogP contribution in [0.5, 0.6) is 17.2 Å². The van der Waals surface area contributed by atoms with Crippen molar-refractivity contribution >= 4 is 32.1 Å². The molecule has 0 unspecified atom stereocenters. The molecule has 4 aromatic rings. The molecule has 1 aliphatic heterocycles. The summed E-state index contributed by atoms with van der Waals surface area (Å²) in [4.78, 5) is 4.24. The monoisotopic (exact) mass is 466 g/mol. The van der Waals surface area contributed by atoms with Crippen molar-refractivity contribution in [1.82, 2.24) is 4.98 Å². The Kier molecular flexibility index (Phi) is 5.26. The van der Waals surface area contributed by atoms with Gasteiger partial charge >= 0.3 is 0 Å². The van der Waals surface area contributed by atoms with Crippen LogP contribution in [0.2, 0.25) is 0 Å². The van der Waals surface area contributed by atoms with Crippen molar-refractivity contribution in [3.8, 4) is 17.2 Å². The first kappa shape index (κ1) is 21.0. The highest BCUT2D eigenvalue weighted by Gasteiger charge is 2.25. The Balaban J connectivity index is 1.67. The summed E-state index contributed by atoms with van der Waals surface area (Å²) in [5.74, 6) is 1.16. The van der Waals surface area contributed by atoms with E-state index in [-0.39, 0.29) is 15.5 Å². The molecule has 0 saturated heterocycles. The number of halogens is 1. The molecule has 168 valence electrons. The number of nitrogens with one attached hydrogen (secondary N) is 1. The van der Waals surface area contributed by atoms with E-state index in [0.29, 0.717) is 47.1 Å². The molecule has 7 nitrogen and oxygen atoms in total. The molecule has 5 rings (SSSR count). The first-order valence-electron chi connectivity index (χ1n) is 10.1. The highest BCUT2D eigenvalue weighted by atomic mass is 32.2. The van der Waals surface area contributed by atoms with Crippen LogP contribution in [0.3, 0.4) is 0 Å². The summed E-state index contributed by atoms with van der Waals surface area (Å²) >= 11 is 0. The molecule has 0 aliphatic carbocycles. The third kappa shape index (κ3) is 3.91. The molecule has 3 aromatic carbocycles. The zero-order valence-electron chi connectivity index (χ0n) is 17.5. The molecule has 0 fully saturated rings. The van der Waals surface area contributed by atoms with Gasteiger partial charge in [-0.3, -0.25) is 4.98 Å². The molecule has 33 heavy (non-hydrogen) atoms. The molecule has 1 aliphatic rings. The van der Waals surface area contributed by atoms with Gasteiger partial charge in [-0.05, 0) is 54.6 Å². The Hall–Kier alpha value is -3.85. The molecule has 2 heterocycles. The van der Waals surface area contributed by atoms with Gasteiger partial charge in [-0.2, -0.15) is 0 Å². The number of aromatic nitrogens is 1. The van der Waals surface area contributed by atoms with Crippen LogP contribution in [-0.4, -0.2) is 33.7 Å². The lowest BCUT2D eigenvalue weighted by Gasteiger charge is -2.20. The average molecular weight is 466 g/mol. The molecule has 0 amide bonds. The van der Waals surface area contributed by atoms with Crippen LogP contribution in [-0.2, 0) is 9.84 Å². The molecule has 1 N–H and O–H groups in total. The van der Waals surface area contributed by atoms with Crippen LogP contribution in [0.25, 0.3) is 10.9 Å². The molecule has 0 radical (unpaired) electrons. The maximum atomic E-state index is 14.2. The van der Waals surface area contributed by atoms with E-state index in [0.717, 1.165) is 0 Å². The molecule has 0 bridgehead atoms. The average Bonchev–Trinajstić information content (AvgIpc) is 2.84. The number of ether oxygens (including phenoxy) is 3. The SMILES string of the molecule is COc1ccc(S(=O)(=O)c2cnc3ccc(F)cc3c2Nc2ccc3c(c2)OCCO3)cc1. The molecule has 0 atom stereocenters. The Morgan fingerprint density at radius 2 is 1.73 bits per heavy atom. The highest BCUT2D eigenvalue weighted by molar-refractivity contribution is 7.91. The van der Waals surface area contributed by atoms with Gasteiger partial charge in [0.25, 0.3) is 0 Å². The van der Waals surface area contributed by atoms with E-state index in [1.165, 1.54) is 43.6 Å². The summed E-state index contributed by atoms with van der Waals surface area (Å²) in [6.07, 6.45) is 1.28. The molecule has 0 saturated carbocycles. The predicted molar refractivity (Wildman–Crippen MR) is 121 cm³/mol. The second-order valence-electron chi connectivity index (χ2n) is 7.32. The summed E-state index contributed by atoms with van der Waals surface area (Å²) in [5, 5.41) is 3.48. The molecular formula is C24H19FN2O5S. The van der Waals surface area contributed by atoms with Gasteiger partial charge in [0.15, 0.2) is 11.5 Å². The van der Waals surface area contributed by atoms with Gasteiger partial charge < -0.3 is 19.5 Å². The number of rotatable bonds is 5. The number of benzene rings is 3. The predicted octanol–water partition coefficient (Wildman–Crippen LogP) is 4.73. The van der Waals surface area contributed by atoms with Crippen molar-refractivity contribution in [2.45, 2.75) is 9.79 Å². The van der Waals surface area contributed by atoms with Gasteiger partial charge in [-0.25, -0.2) is 12.8 Å². The maximum absolute atomic E-state index is 14.2. The summed E-state index contributed by atoms with van der Waals surface area (Å²) < 4.78 is 57.6. The summed E-state index contributed by atoms with van der Waals surface area (Å²) in [6.45, 7) is 0.870. The standard InChI is InChI=1S/C24H19FN2O5S/c1-30-17-4-6-18(7-5-17)33(28,29)23-14-26-20-8-2-15(25)12-19(20)24(23)27-16-3-9-21-22(13-16)32-11-10-31-21/h2-9,12-14H,10-11H2,1H3,(H,26,27). The van der Waals surface area contributed by atoms with Gasteiger partial charge in [0.05, 0.1) is 23.2 Å². The number of pyridine rings is 1. The summed E-state index contributed by atoms with van der Waals surface area (Å²) in [6, 6.07) is 15.3. The second-order valence-corrected chi connectivity index (χ2v) is 9.24. The minimum atomic E-state index is -4.00. The second kappa shape index (κ2) is 8.25. The number of hydrogen-bond acceptors (Lipinski definition) is 7. The largest absolute Gasteiger partial charge is 0.497 e. The first-order chi connectivity index (χ1) is 16.0. The van der Waals surface area contributed by atoms with E-state index in [9.17, 15) is 12.8 Å². The van der Waals surface area contributed by atoms with E-state index < -0.39 is 15.7 Å². The fourth-order valence-corrected chi connectivity index (χ4v) is 5.00. The summed E-state index contributed by atoms with van der Waals surface area (Å²) in [5.41, 5.74) is 1.22. The van der Waals surface area contributed by atoms with Crippen LogP contribution >= 0.6 is 0 Å². The van der Waals surface area contributed by atoms with Gasteiger partial charge in [0, 0.05) is 23.3 Å². The normalized spacial score (nSPS) is 13.0. The number of methoxy groups -OCH3 is 1. The van der Waals surface area contributed by atoms with Crippen molar-refractivity contribution in [1.29, 1.82) is 0 Å². The van der Waals surface area contributed by atoms with Gasteiger partial charge in [0.2, 0.25) is 9.84 Å². The Morgan fingerprint density at radius 1 is 0.970 bits per heavy atom. The minimum Gasteiger partial charge on any atom is -0.497 e. The zero-order chi connectivity index (χ0) is 23.0. The Morgan fingerprint density at radius 3 is 2.48 bits per heavy atom.